The van der Waals surface area contributed by atoms with E-state index in [9.17, 15) is 0 Å². The Morgan fingerprint density at radius 1 is 1.50 bits per heavy atom. The van der Waals surface area contributed by atoms with Gasteiger partial charge in [-0.3, -0.25) is 0 Å². The molecule has 1 aromatic heterocycles. The number of nitrogens with zero attached hydrogens (tertiary/aromatic N) is 3. The molecule has 0 bridgehead atoms. The van der Waals surface area contributed by atoms with Crippen molar-refractivity contribution in [3.8, 4) is 0 Å². The molecule has 1 saturated heterocycles. The monoisotopic (exact) mass is 251 g/mol. The average Bonchev–Trinajstić information content (AvgIpc) is 2.39. The lowest BCUT2D eigenvalue weighted by Gasteiger charge is -2.27. The Balaban J connectivity index is 1.99. The minimum atomic E-state index is -0.0123. The molecule has 100 valence electrons. The van der Waals surface area contributed by atoms with Crippen molar-refractivity contribution in [1.29, 1.82) is 0 Å². The van der Waals surface area contributed by atoms with Crippen LogP contribution in [0.3, 0.4) is 0 Å². The first kappa shape index (κ1) is 13.2. The van der Waals surface area contributed by atoms with E-state index >= 15 is 0 Å². The number of anilines is 1. The van der Waals surface area contributed by atoms with Crippen LogP contribution < -0.4 is 4.90 Å². The van der Waals surface area contributed by atoms with E-state index in [2.05, 4.69) is 9.97 Å². The van der Waals surface area contributed by atoms with E-state index in [0.717, 1.165) is 30.8 Å². The third-order valence-corrected chi connectivity index (χ3v) is 3.33. The van der Waals surface area contributed by atoms with Gasteiger partial charge in [0.05, 0.1) is 12.7 Å². The maximum atomic E-state index is 9.10. The van der Waals surface area contributed by atoms with Crippen LogP contribution in [-0.4, -0.2) is 41.4 Å². The van der Waals surface area contributed by atoms with Crippen molar-refractivity contribution in [2.24, 2.45) is 0 Å². The van der Waals surface area contributed by atoms with E-state index in [1.54, 1.807) is 6.20 Å². The van der Waals surface area contributed by atoms with Crippen LogP contribution in [-0.2, 0) is 11.3 Å². The lowest BCUT2D eigenvalue weighted by atomic mass is 10.1. The Morgan fingerprint density at radius 2 is 2.33 bits per heavy atom. The fraction of sp³-hybridized carbons (Fsp3) is 0.692. The lowest BCUT2D eigenvalue weighted by molar-refractivity contribution is 0.0214. The zero-order valence-electron chi connectivity index (χ0n) is 11.1. The van der Waals surface area contributed by atoms with Gasteiger partial charge >= 0.3 is 0 Å². The number of aliphatic hydroxyl groups excluding tert-OH is 1. The van der Waals surface area contributed by atoms with Crippen LogP contribution in [0, 0.1) is 6.92 Å². The number of aromatic nitrogens is 2. The van der Waals surface area contributed by atoms with Crippen molar-refractivity contribution in [3.05, 3.63) is 17.5 Å². The molecule has 1 aromatic rings. The van der Waals surface area contributed by atoms with Gasteiger partial charge < -0.3 is 14.7 Å². The van der Waals surface area contributed by atoms with Crippen LogP contribution in [0.25, 0.3) is 0 Å². The fourth-order valence-electron chi connectivity index (χ4n) is 2.16. The number of hydrogen-bond acceptors (Lipinski definition) is 5. The number of aryl methyl sites for hydroxylation is 1. The second-order valence-corrected chi connectivity index (χ2v) is 4.81. The Bertz CT molecular complexity index is 392. The normalized spacial score (nSPS) is 19.8. The van der Waals surface area contributed by atoms with Gasteiger partial charge in [0.15, 0.2) is 0 Å². The van der Waals surface area contributed by atoms with Gasteiger partial charge in [0, 0.05) is 37.7 Å². The lowest BCUT2D eigenvalue weighted by Crippen LogP contribution is -2.34. The summed E-state index contributed by atoms with van der Waals surface area (Å²) >= 11 is 0. The van der Waals surface area contributed by atoms with Gasteiger partial charge in [-0.1, -0.05) is 0 Å². The van der Waals surface area contributed by atoms with E-state index in [0.29, 0.717) is 5.95 Å². The molecule has 1 aliphatic rings. The molecule has 0 aliphatic carbocycles. The molecule has 18 heavy (non-hydrogen) atoms. The van der Waals surface area contributed by atoms with Crippen molar-refractivity contribution in [3.63, 3.8) is 0 Å². The molecule has 0 amide bonds. The highest BCUT2D eigenvalue weighted by atomic mass is 16.5. The van der Waals surface area contributed by atoms with E-state index in [-0.39, 0.29) is 12.7 Å². The molecular formula is C13H21N3O2. The summed E-state index contributed by atoms with van der Waals surface area (Å²) in [6.45, 7) is 3.56. The number of aliphatic hydroxyl groups is 1. The van der Waals surface area contributed by atoms with Gasteiger partial charge in [0.1, 0.15) is 0 Å². The van der Waals surface area contributed by atoms with Crippen molar-refractivity contribution in [2.45, 2.75) is 38.9 Å². The van der Waals surface area contributed by atoms with E-state index in [1.165, 1.54) is 12.8 Å². The van der Waals surface area contributed by atoms with Crippen molar-refractivity contribution >= 4 is 5.95 Å². The first-order chi connectivity index (χ1) is 8.70. The van der Waals surface area contributed by atoms with Gasteiger partial charge in [0.2, 0.25) is 5.95 Å². The van der Waals surface area contributed by atoms with Gasteiger partial charge in [-0.25, -0.2) is 9.97 Å². The molecule has 1 N–H and O–H groups in total. The quantitative estimate of drug-likeness (QED) is 0.873. The molecule has 1 atom stereocenters. The maximum absolute atomic E-state index is 9.10. The molecule has 5 heteroatoms. The standard InChI is InChI=1S/C13H21N3O2/c1-10-11(9-17)7-14-13(15-10)16(2)8-12-5-3-4-6-18-12/h7,12,17H,3-6,8-9H2,1-2H3. The largest absolute Gasteiger partial charge is 0.392 e. The third kappa shape index (κ3) is 3.17. The number of rotatable bonds is 4. The summed E-state index contributed by atoms with van der Waals surface area (Å²) in [5.41, 5.74) is 1.61. The second kappa shape index (κ2) is 6.11. The molecule has 0 saturated carbocycles. The fourth-order valence-corrected chi connectivity index (χ4v) is 2.16. The van der Waals surface area contributed by atoms with Gasteiger partial charge in [-0.15, -0.1) is 0 Å². The van der Waals surface area contributed by atoms with E-state index in [4.69, 9.17) is 9.84 Å². The number of ether oxygens (including phenoxy) is 1. The molecular weight excluding hydrogens is 230 g/mol. The first-order valence-corrected chi connectivity index (χ1v) is 6.47. The Kier molecular flexibility index (Phi) is 4.49. The third-order valence-electron chi connectivity index (χ3n) is 3.33. The summed E-state index contributed by atoms with van der Waals surface area (Å²) in [7, 11) is 1.98. The topological polar surface area (TPSA) is 58.5 Å². The van der Waals surface area contributed by atoms with Crippen LogP contribution in [0.2, 0.25) is 0 Å². The molecule has 0 radical (unpaired) electrons. The number of likely N-dealkylation sites (N-methyl/N-ethyl adjacent to an activating group) is 1. The van der Waals surface area contributed by atoms with Gasteiger partial charge in [0.25, 0.3) is 0 Å². The van der Waals surface area contributed by atoms with E-state index < -0.39 is 0 Å². The maximum Gasteiger partial charge on any atom is 0.225 e. The molecule has 1 unspecified atom stereocenters. The Labute approximate surface area is 108 Å². The highest BCUT2D eigenvalue weighted by molar-refractivity contribution is 5.31. The predicted octanol–water partition coefficient (Wildman–Crippen LogP) is 1.28. The summed E-state index contributed by atoms with van der Waals surface area (Å²) in [5, 5.41) is 9.10. The van der Waals surface area contributed by atoms with Crippen LogP contribution in [0.15, 0.2) is 6.20 Å². The zero-order valence-corrected chi connectivity index (χ0v) is 11.1. The molecule has 0 aromatic carbocycles. The van der Waals surface area contributed by atoms with Crippen LogP contribution >= 0.6 is 0 Å². The van der Waals surface area contributed by atoms with Gasteiger partial charge in [-0.2, -0.15) is 0 Å². The van der Waals surface area contributed by atoms with Crippen molar-refractivity contribution in [1.82, 2.24) is 9.97 Å². The molecule has 5 nitrogen and oxygen atoms in total. The zero-order chi connectivity index (χ0) is 13.0. The second-order valence-electron chi connectivity index (χ2n) is 4.81. The minimum Gasteiger partial charge on any atom is -0.392 e. The molecule has 0 spiro atoms. The highest BCUT2D eigenvalue weighted by Crippen LogP contribution is 2.16. The van der Waals surface area contributed by atoms with Crippen molar-refractivity contribution in [2.75, 3.05) is 25.1 Å². The smallest absolute Gasteiger partial charge is 0.225 e. The highest BCUT2D eigenvalue weighted by Gasteiger charge is 2.17. The SMILES string of the molecule is Cc1nc(N(C)CC2CCCCO2)ncc1CO. The molecule has 2 heterocycles. The minimum absolute atomic E-state index is 0.0123. The van der Waals surface area contributed by atoms with Crippen LogP contribution in [0.1, 0.15) is 30.5 Å². The molecule has 1 aliphatic heterocycles. The predicted molar refractivity (Wildman–Crippen MR) is 69.6 cm³/mol. The summed E-state index contributed by atoms with van der Waals surface area (Å²) in [6, 6.07) is 0. The Morgan fingerprint density at radius 3 is 2.94 bits per heavy atom. The Hall–Kier alpha value is -1.20. The van der Waals surface area contributed by atoms with Crippen LogP contribution in [0.4, 0.5) is 5.95 Å². The summed E-state index contributed by atoms with van der Waals surface area (Å²) in [6.07, 6.45) is 5.49. The van der Waals surface area contributed by atoms with Crippen molar-refractivity contribution < 1.29 is 9.84 Å². The number of hydrogen-bond donors (Lipinski definition) is 1. The average molecular weight is 251 g/mol. The summed E-state index contributed by atoms with van der Waals surface area (Å²) in [5.74, 6) is 0.693. The van der Waals surface area contributed by atoms with E-state index in [1.807, 2.05) is 18.9 Å². The van der Waals surface area contributed by atoms with Gasteiger partial charge in [-0.05, 0) is 26.2 Å². The first-order valence-electron chi connectivity index (χ1n) is 6.47. The van der Waals surface area contributed by atoms with Crippen LogP contribution in [0.5, 0.6) is 0 Å². The summed E-state index contributed by atoms with van der Waals surface area (Å²) in [4.78, 5) is 10.7. The molecule has 1 fully saturated rings. The molecule has 2 rings (SSSR count). The summed E-state index contributed by atoms with van der Waals surface area (Å²) < 4.78 is 5.71.